The van der Waals surface area contributed by atoms with Crippen molar-refractivity contribution < 1.29 is 28.5 Å². The van der Waals surface area contributed by atoms with E-state index in [4.69, 9.17) is 18.9 Å². The molecule has 0 aliphatic rings. The number of ether oxygens (including phenoxy) is 4. The lowest BCUT2D eigenvalue weighted by atomic mass is 10.0. The number of hydrogen-bond donors (Lipinski definition) is 0. The van der Waals surface area contributed by atoms with Crippen molar-refractivity contribution >= 4 is 11.9 Å². The Balaban J connectivity index is 4.30. The molecule has 0 N–H and O–H groups in total. The first-order chi connectivity index (χ1) is 9.37. The summed E-state index contributed by atoms with van der Waals surface area (Å²) in [4.78, 5) is 23.4. The molecule has 0 amide bonds. The Morgan fingerprint density at radius 1 is 1.05 bits per heavy atom. The first-order valence-corrected chi connectivity index (χ1v) is 6.90. The number of esters is 2. The number of hydrogen-bond acceptors (Lipinski definition) is 6. The van der Waals surface area contributed by atoms with Crippen LogP contribution in [-0.4, -0.2) is 44.7 Å². The highest BCUT2D eigenvalue weighted by Crippen LogP contribution is 2.15. The molecule has 0 fully saturated rings. The molecule has 118 valence electrons. The number of carbonyl (C=O) groups is 2. The van der Waals surface area contributed by atoms with Gasteiger partial charge in [0.15, 0.2) is 11.7 Å². The maximum Gasteiger partial charge on any atom is 0.320 e. The summed E-state index contributed by atoms with van der Waals surface area (Å²) in [5, 5.41) is 0. The monoisotopic (exact) mass is 290 g/mol. The molecule has 0 atom stereocenters. The van der Waals surface area contributed by atoms with Gasteiger partial charge >= 0.3 is 11.9 Å². The molecule has 0 saturated carbocycles. The van der Waals surface area contributed by atoms with Gasteiger partial charge in [-0.3, -0.25) is 9.59 Å². The van der Waals surface area contributed by atoms with E-state index in [0.717, 1.165) is 0 Å². The smallest absolute Gasteiger partial charge is 0.320 e. The fourth-order valence-corrected chi connectivity index (χ4v) is 1.48. The summed E-state index contributed by atoms with van der Waals surface area (Å²) >= 11 is 0. The van der Waals surface area contributed by atoms with Crippen molar-refractivity contribution in [3.63, 3.8) is 0 Å². The molecule has 0 aliphatic carbocycles. The van der Waals surface area contributed by atoms with E-state index in [1.54, 1.807) is 34.8 Å². The molecule has 0 saturated heterocycles. The minimum Gasteiger partial charge on any atom is -0.465 e. The Morgan fingerprint density at radius 2 is 1.55 bits per heavy atom. The lowest BCUT2D eigenvalue weighted by Gasteiger charge is -2.23. The van der Waals surface area contributed by atoms with Gasteiger partial charge in [0.1, 0.15) is 0 Å². The van der Waals surface area contributed by atoms with Gasteiger partial charge in [0.2, 0.25) is 0 Å². The zero-order chi connectivity index (χ0) is 15.6. The van der Waals surface area contributed by atoms with Crippen molar-refractivity contribution in [2.45, 2.75) is 46.3 Å². The van der Waals surface area contributed by atoms with Gasteiger partial charge in [-0.1, -0.05) is 0 Å². The molecule has 6 nitrogen and oxygen atoms in total. The third-order valence-electron chi connectivity index (χ3n) is 2.72. The number of rotatable bonds is 10. The molecule has 0 spiro atoms. The second-order valence-corrected chi connectivity index (χ2v) is 4.65. The molecule has 0 unspecified atom stereocenters. The topological polar surface area (TPSA) is 71.1 Å². The summed E-state index contributed by atoms with van der Waals surface area (Å²) < 4.78 is 20.4. The van der Waals surface area contributed by atoms with E-state index < -0.39 is 23.6 Å². The molecule has 0 aromatic heterocycles. The fourth-order valence-electron chi connectivity index (χ4n) is 1.48. The third kappa shape index (κ3) is 7.45. The average Bonchev–Trinajstić information content (AvgIpc) is 2.39. The second-order valence-electron chi connectivity index (χ2n) is 4.65. The van der Waals surface area contributed by atoms with Gasteiger partial charge in [-0.15, -0.1) is 0 Å². The summed E-state index contributed by atoms with van der Waals surface area (Å²) in [5.41, 5.74) is 0. The fraction of sp³-hybridized carbons (Fsp3) is 0.857. The van der Waals surface area contributed by atoms with E-state index >= 15 is 0 Å². The minimum atomic E-state index is -0.885. The Hall–Kier alpha value is -1.14. The van der Waals surface area contributed by atoms with Gasteiger partial charge in [-0.2, -0.15) is 0 Å². The van der Waals surface area contributed by atoms with Crippen LogP contribution in [-0.2, 0) is 28.5 Å². The van der Waals surface area contributed by atoms with Crippen LogP contribution in [0, 0.1) is 5.92 Å². The van der Waals surface area contributed by atoms with Crippen molar-refractivity contribution in [2.24, 2.45) is 5.92 Å². The first-order valence-electron chi connectivity index (χ1n) is 6.90. The Kier molecular flexibility index (Phi) is 9.16. The summed E-state index contributed by atoms with van der Waals surface area (Å²) in [6.07, 6.45) is 0.868. The van der Waals surface area contributed by atoms with Gasteiger partial charge in [0, 0.05) is 7.11 Å². The molecule has 0 bridgehead atoms. The Bertz CT molecular complexity index is 282. The third-order valence-corrected chi connectivity index (χ3v) is 2.72. The molecular formula is C14H26O6. The molecule has 20 heavy (non-hydrogen) atoms. The number of methoxy groups -OCH3 is 1. The lowest BCUT2D eigenvalue weighted by Crippen LogP contribution is -2.30. The van der Waals surface area contributed by atoms with E-state index in [0.29, 0.717) is 19.4 Å². The van der Waals surface area contributed by atoms with Crippen LogP contribution < -0.4 is 0 Å². The SMILES string of the molecule is CCOC(=O)C(CCCOC(C)(C)OC)C(=O)OCC. The van der Waals surface area contributed by atoms with Crippen LogP contribution in [0.2, 0.25) is 0 Å². The molecule has 6 heteroatoms. The van der Waals surface area contributed by atoms with Gasteiger partial charge in [0.05, 0.1) is 19.8 Å². The highest BCUT2D eigenvalue weighted by Gasteiger charge is 2.29. The highest BCUT2D eigenvalue weighted by molar-refractivity contribution is 5.94. The first kappa shape index (κ1) is 18.9. The van der Waals surface area contributed by atoms with Crippen LogP contribution in [0.4, 0.5) is 0 Å². The second kappa shape index (κ2) is 9.72. The van der Waals surface area contributed by atoms with Crippen molar-refractivity contribution in [3.8, 4) is 0 Å². The minimum absolute atomic E-state index is 0.238. The zero-order valence-corrected chi connectivity index (χ0v) is 13.1. The summed E-state index contributed by atoms with van der Waals surface area (Å²) in [6.45, 7) is 7.84. The van der Waals surface area contributed by atoms with E-state index in [2.05, 4.69) is 0 Å². The standard InChI is InChI=1S/C14H26O6/c1-6-18-12(15)11(13(16)19-7-2)9-8-10-20-14(3,4)17-5/h11H,6-10H2,1-5H3. The zero-order valence-electron chi connectivity index (χ0n) is 13.1. The van der Waals surface area contributed by atoms with Gasteiger partial charge in [-0.25, -0.2) is 0 Å². The molecule has 0 aromatic carbocycles. The van der Waals surface area contributed by atoms with Gasteiger partial charge < -0.3 is 18.9 Å². The maximum absolute atomic E-state index is 11.7. The molecule has 0 heterocycles. The van der Waals surface area contributed by atoms with Crippen molar-refractivity contribution in [1.29, 1.82) is 0 Å². The van der Waals surface area contributed by atoms with E-state index in [1.165, 1.54) is 0 Å². The normalized spacial score (nSPS) is 11.5. The van der Waals surface area contributed by atoms with E-state index in [-0.39, 0.29) is 13.2 Å². The molecule has 0 aliphatic heterocycles. The number of carbonyl (C=O) groups excluding carboxylic acids is 2. The maximum atomic E-state index is 11.7. The van der Waals surface area contributed by atoms with Crippen LogP contribution in [0.15, 0.2) is 0 Å². The van der Waals surface area contributed by atoms with Crippen LogP contribution in [0.25, 0.3) is 0 Å². The van der Waals surface area contributed by atoms with Crippen molar-refractivity contribution in [3.05, 3.63) is 0 Å². The van der Waals surface area contributed by atoms with E-state index in [9.17, 15) is 9.59 Å². The van der Waals surface area contributed by atoms with Crippen LogP contribution in [0.1, 0.15) is 40.5 Å². The van der Waals surface area contributed by atoms with Crippen LogP contribution in [0.5, 0.6) is 0 Å². The molecular weight excluding hydrogens is 264 g/mol. The quantitative estimate of drug-likeness (QED) is 0.265. The summed E-state index contributed by atoms with van der Waals surface area (Å²) in [6, 6.07) is 0. The average molecular weight is 290 g/mol. The van der Waals surface area contributed by atoms with Crippen LogP contribution in [0.3, 0.4) is 0 Å². The predicted octanol–water partition coefficient (Wildman–Crippen LogP) is 1.91. The Morgan fingerprint density at radius 3 is 1.95 bits per heavy atom. The lowest BCUT2D eigenvalue weighted by molar-refractivity contribution is -0.197. The molecule has 0 rings (SSSR count). The van der Waals surface area contributed by atoms with E-state index in [1.807, 2.05) is 0 Å². The Labute approximate surface area is 120 Å². The van der Waals surface area contributed by atoms with Crippen LogP contribution >= 0.6 is 0 Å². The van der Waals surface area contributed by atoms with Gasteiger partial charge in [-0.05, 0) is 40.5 Å². The summed E-state index contributed by atoms with van der Waals surface area (Å²) in [5.74, 6) is -2.65. The largest absolute Gasteiger partial charge is 0.465 e. The van der Waals surface area contributed by atoms with Crippen molar-refractivity contribution in [1.82, 2.24) is 0 Å². The molecule has 0 aromatic rings. The predicted molar refractivity (Wildman–Crippen MR) is 73.0 cm³/mol. The summed E-state index contributed by atoms with van der Waals surface area (Å²) in [7, 11) is 1.56. The molecule has 0 radical (unpaired) electrons. The van der Waals surface area contributed by atoms with Gasteiger partial charge in [0.25, 0.3) is 0 Å². The highest BCUT2D eigenvalue weighted by atomic mass is 16.7. The van der Waals surface area contributed by atoms with Crippen molar-refractivity contribution in [2.75, 3.05) is 26.9 Å².